The van der Waals surface area contributed by atoms with Crippen LogP contribution in [0.5, 0.6) is 0 Å². The minimum absolute atomic E-state index is 0. The zero-order chi connectivity index (χ0) is 15.7. The molecule has 1 saturated heterocycles. The predicted octanol–water partition coefficient (Wildman–Crippen LogP) is 2.46. The van der Waals surface area contributed by atoms with E-state index in [2.05, 4.69) is 11.9 Å². The van der Waals surface area contributed by atoms with Gasteiger partial charge in [0, 0.05) is 30.4 Å². The quantitative estimate of drug-likeness (QED) is 0.837. The van der Waals surface area contributed by atoms with E-state index in [9.17, 15) is 9.59 Å². The summed E-state index contributed by atoms with van der Waals surface area (Å²) in [6.07, 6.45) is 1.95. The van der Waals surface area contributed by atoms with Crippen LogP contribution in [-0.2, 0) is 0 Å². The molecule has 2 atom stereocenters. The van der Waals surface area contributed by atoms with Gasteiger partial charge in [-0.2, -0.15) is 0 Å². The van der Waals surface area contributed by atoms with E-state index in [4.69, 9.17) is 5.73 Å². The maximum absolute atomic E-state index is 12.8. The first-order chi connectivity index (χ1) is 9.86. The second-order valence-corrected chi connectivity index (χ2v) is 6.20. The molecule has 0 aliphatic carbocycles. The fourth-order valence-corrected chi connectivity index (χ4v) is 3.38. The van der Waals surface area contributed by atoms with Gasteiger partial charge in [0.2, 0.25) is 0 Å². The number of hydrogen-bond acceptors (Lipinski definition) is 3. The maximum atomic E-state index is 12.8. The van der Waals surface area contributed by atoms with E-state index in [1.165, 1.54) is 6.92 Å². The number of aromatic amines is 1. The van der Waals surface area contributed by atoms with Gasteiger partial charge in [0.1, 0.15) is 5.69 Å². The highest BCUT2D eigenvalue weighted by molar-refractivity contribution is 6.02. The zero-order valence-electron chi connectivity index (χ0n) is 13.7. The number of ketones is 1. The number of hydrogen-bond donors (Lipinski definition) is 2. The van der Waals surface area contributed by atoms with Crippen LogP contribution >= 0.6 is 12.4 Å². The molecular weight excluding hydrogens is 302 g/mol. The highest BCUT2D eigenvalue weighted by atomic mass is 35.5. The van der Waals surface area contributed by atoms with Crippen LogP contribution in [0.25, 0.3) is 0 Å². The molecule has 5 nitrogen and oxygen atoms in total. The van der Waals surface area contributed by atoms with Crippen molar-refractivity contribution >= 4 is 24.1 Å². The van der Waals surface area contributed by atoms with Crippen LogP contribution in [0, 0.1) is 19.8 Å². The zero-order valence-corrected chi connectivity index (χ0v) is 14.5. The van der Waals surface area contributed by atoms with Crippen molar-refractivity contribution in [3.63, 3.8) is 0 Å². The Kier molecular flexibility index (Phi) is 6.20. The summed E-state index contributed by atoms with van der Waals surface area (Å²) in [5, 5.41) is 0. The van der Waals surface area contributed by atoms with Crippen LogP contribution in [0.3, 0.4) is 0 Å². The molecule has 124 valence electrons. The van der Waals surface area contributed by atoms with E-state index in [1.807, 2.05) is 18.7 Å². The highest BCUT2D eigenvalue weighted by Gasteiger charge is 2.32. The van der Waals surface area contributed by atoms with Gasteiger partial charge in [-0.25, -0.2) is 0 Å². The second kappa shape index (κ2) is 7.29. The van der Waals surface area contributed by atoms with Gasteiger partial charge in [-0.1, -0.05) is 6.92 Å². The topological polar surface area (TPSA) is 79.2 Å². The standard InChI is InChI=1S/C16H25N3O2.ClH/c1-9-5-6-19(13(7-9)8-17)16(21)15-10(2)14(12(4)20)11(3)18-15;/h9,13,18H,5-8,17H2,1-4H3;1H. The number of nitrogens with one attached hydrogen (secondary N) is 1. The normalized spacial score (nSPS) is 21.4. The van der Waals surface area contributed by atoms with Crippen molar-refractivity contribution in [2.45, 2.75) is 46.6 Å². The first kappa shape index (κ1) is 18.7. The number of H-pyrrole nitrogens is 1. The lowest BCUT2D eigenvalue weighted by Crippen LogP contribution is -2.49. The van der Waals surface area contributed by atoms with Crippen molar-refractivity contribution in [1.82, 2.24) is 9.88 Å². The fourth-order valence-electron chi connectivity index (χ4n) is 3.38. The molecule has 6 heteroatoms. The number of amides is 1. The Balaban J connectivity index is 0.00000242. The Hall–Kier alpha value is -1.33. The molecule has 1 amide bonds. The number of halogens is 1. The third-order valence-corrected chi connectivity index (χ3v) is 4.51. The van der Waals surface area contributed by atoms with Crippen LogP contribution in [0.4, 0.5) is 0 Å². The van der Waals surface area contributed by atoms with E-state index in [0.29, 0.717) is 23.7 Å². The monoisotopic (exact) mass is 327 g/mol. The average molecular weight is 328 g/mol. The largest absolute Gasteiger partial charge is 0.354 e. The third-order valence-electron chi connectivity index (χ3n) is 4.51. The summed E-state index contributed by atoms with van der Waals surface area (Å²) in [6, 6.07) is 0.0880. The lowest BCUT2D eigenvalue weighted by molar-refractivity contribution is 0.0567. The molecule has 0 bridgehead atoms. The average Bonchev–Trinajstić information content (AvgIpc) is 2.73. The lowest BCUT2D eigenvalue weighted by atomic mass is 9.92. The molecule has 1 aliphatic heterocycles. The number of aromatic nitrogens is 1. The van der Waals surface area contributed by atoms with E-state index >= 15 is 0 Å². The molecule has 2 heterocycles. The molecule has 0 saturated carbocycles. The molecule has 22 heavy (non-hydrogen) atoms. The van der Waals surface area contributed by atoms with Gasteiger partial charge in [-0.3, -0.25) is 9.59 Å². The molecular formula is C16H26ClN3O2. The van der Waals surface area contributed by atoms with Gasteiger partial charge in [0.05, 0.1) is 0 Å². The summed E-state index contributed by atoms with van der Waals surface area (Å²) >= 11 is 0. The Morgan fingerprint density at radius 2 is 2.00 bits per heavy atom. The molecule has 3 N–H and O–H groups in total. The molecule has 0 radical (unpaired) electrons. The number of rotatable bonds is 3. The first-order valence-corrected chi connectivity index (χ1v) is 7.57. The van der Waals surface area contributed by atoms with E-state index < -0.39 is 0 Å². The van der Waals surface area contributed by atoms with Crippen LogP contribution in [0.1, 0.15) is 58.8 Å². The minimum Gasteiger partial charge on any atom is -0.354 e. The maximum Gasteiger partial charge on any atom is 0.270 e. The number of likely N-dealkylation sites (tertiary alicyclic amines) is 1. The van der Waals surface area contributed by atoms with Gasteiger partial charge in [0.25, 0.3) is 5.91 Å². The number of nitrogens with zero attached hydrogens (tertiary/aromatic N) is 1. The van der Waals surface area contributed by atoms with Gasteiger partial charge in [-0.15, -0.1) is 12.4 Å². The molecule has 0 spiro atoms. The molecule has 2 unspecified atom stereocenters. The Labute approximate surface area is 138 Å². The summed E-state index contributed by atoms with van der Waals surface area (Å²) in [7, 11) is 0. The summed E-state index contributed by atoms with van der Waals surface area (Å²) in [5.41, 5.74) is 8.51. The van der Waals surface area contributed by atoms with Crippen LogP contribution in [-0.4, -0.2) is 40.7 Å². The van der Waals surface area contributed by atoms with Gasteiger partial charge in [0.15, 0.2) is 5.78 Å². The van der Waals surface area contributed by atoms with Crippen molar-refractivity contribution in [2.24, 2.45) is 11.7 Å². The van der Waals surface area contributed by atoms with Crippen LogP contribution < -0.4 is 5.73 Å². The molecule has 0 aromatic carbocycles. The predicted molar refractivity (Wildman–Crippen MR) is 89.8 cm³/mol. The third kappa shape index (κ3) is 3.36. The van der Waals surface area contributed by atoms with E-state index in [1.54, 1.807) is 0 Å². The molecule has 2 rings (SSSR count). The Morgan fingerprint density at radius 3 is 2.50 bits per heavy atom. The summed E-state index contributed by atoms with van der Waals surface area (Å²) in [6.45, 7) is 8.60. The summed E-state index contributed by atoms with van der Waals surface area (Å²) in [4.78, 5) is 29.5. The van der Waals surface area contributed by atoms with Crippen LogP contribution in [0.2, 0.25) is 0 Å². The SMILES string of the molecule is CC(=O)c1c(C)[nH]c(C(=O)N2CCC(C)CC2CN)c1C.Cl. The Bertz CT molecular complexity index is 568. The highest BCUT2D eigenvalue weighted by Crippen LogP contribution is 2.26. The number of carbonyl (C=O) groups is 2. The lowest BCUT2D eigenvalue weighted by Gasteiger charge is -2.37. The first-order valence-electron chi connectivity index (χ1n) is 7.57. The fraction of sp³-hybridized carbons (Fsp3) is 0.625. The number of piperidine rings is 1. The number of carbonyl (C=O) groups excluding carboxylic acids is 2. The number of nitrogens with two attached hydrogens (primary N) is 1. The van der Waals surface area contributed by atoms with Gasteiger partial charge < -0.3 is 15.6 Å². The molecule has 1 fully saturated rings. The van der Waals surface area contributed by atoms with Crippen molar-refractivity contribution in [1.29, 1.82) is 0 Å². The van der Waals surface area contributed by atoms with Gasteiger partial charge in [-0.05, 0) is 45.1 Å². The van der Waals surface area contributed by atoms with Crippen molar-refractivity contribution in [2.75, 3.05) is 13.1 Å². The number of Topliss-reactive ketones (excluding diaryl/α,β-unsaturated/α-hetero) is 1. The van der Waals surface area contributed by atoms with E-state index in [0.717, 1.165) is 30.6 Å². The molecule has 1 aromatic rings. The van der Waals surface area contributed by atoms with Gasteiger partial charge >= 0.3 is 0 Å². The van der Waals surface area contributed by atoms with Crippen molar-refractivity contribution in [3.05, 3.63) is 22.5 Å². The minimum atomic E-state index is -0.0366. The van der Waals surface area contributed by atoms with Crippen molar-refractivity contribution < 1.29 is 9.59 Å². The van der Waals surface area contributed by atoms with Crippen LogP contribution in [0.15, 0.2) is 0 Å². The summed E-state index contributed by atoms with van der Waals surface area (Å²) in [5.74, 6) is 0.551. The second-order valence-electron chi connectivity index (χ2n) is 6.20. The number of aryl methyl sites for hydroxylation is 1. The molecule has 1 aliphatic rings. The van der Waals surface area contributed by atoms with E-state index in [-0.39, 0.29) is 30.1 Å². The molecule has 1 aromatic heterocycles. The van der Waals surface area contributed by atoms with Crippen molar-refractivity contribution in [3.8, 4) is 0 Å². The summed E-state index contributed by atoms with van der Waals surface area (Å²) < 4.78 is 0. The Morgan fingerprint density at radius 1 is 1.36 bits per heavy atom. The smallest absolute Gasteiger partial charge is 0.270 e.